The first-order chi connectivity index (χ1) is 20.6. The van der Waals surface area contributed by atoms with Gasteiger partial charge in [-0.25, -0.2) is 9.59 Å². The van der Waals surface area contributed by atoms with E-state index in [-0.39, 0.29) is 25.6 Å². The molecule has 0 aliphatic carbocycles. The van der Waals surface area contributed by atoms with Crippen molar-refractivity contribution >= 4 is 18.3 Å². The topological polar surface area (TPSA) is 133 Å². The lowest BCUT2D eigenvalue weighted by Crippen LogP contribution is -2.34. The fraction of sp³-hybridized carbons (Fsp3) is 0.545. The summed E-state index contributed by atoms with van der Waals surface area (Å²) in [5.41, 5.74) is 6.76. The highest BCUT2D eigenvalue weighted by Crippen LogP contribution is 2.20. The lowest BCUT2D eigenvalue weighted by Gasteiger charge is -2.23. The lowest BCUT2D eigenvalue weighted by atomic mass is 9.96. The number of hydrogen-bond acceptors (Lipinski definition) is 9. The van der Waals surface area contributed by atoms with Crippen molar-refractivity contribution in [2.75, 3.05) is 27.8 Å². The van der Waals surface area contributed by atoms with Gasteiger partial charge in [-0.05, 0) is 51.5 Å². The van der Waals surface area contributed by atoms with E-state index in [9.17, 15) is 14.4 Å². The molecule has 10 heteroatoms. The third-order valence-electron chi connectivity index (χ3n) is 6.24. The van der Waals surface area contributed by atoms with Crippen LogP contribution in [-0.2, 0) is 38.0 Å². The number of rotatable bonds is 25. The van der Waals surface area contributed by atoms with E-state index in [4.69, 9.17) is 34.2 Å². The number of allylic oxidation sites excluding steroid dienone is 5. The van der Waals surface area contributed by atoms with Crippen molar-refractivity contribution in [3.05, 3.63) is 72.9 Å². The van der Waals surface area contributed by atoms with Crippen molar-refractivity contribution in [3.63, 3.8) is 0 Å². The third kappa shape index (κ3) is 20.3. The van der Waals surface area contributed by atoms with Crippen LogP contribution in [0.2, 0.25) is 0 Å². The summed E-state index contributed by atoms with van der Waals surface area (Å²) in [6.45, 7) is 13.3. The van der Waals surface area contributed by atoms with Gasteiger partial charge in [0.2, 0.25) is 0 Å². The average Bonchev–Trinajstić information content (AvgIpc) is 2.97. The second-order valence-electron chi connectivity index (χ2n) is 10.0. The zero-order valence-electron chi connectivity index (χ0n) is 26.4. The Bertz CT molecular complexity index is 954. The minimum atomic E-state index is -0.894. The van der Waals surface area contributed by atoms with Gasteiger partial charge in [0.05, 0.1) is 6.10 Å². The fourth-order valence-electron chi connectivity index (χ4n) is 4.01. The van der Waals surface area contributed by atoms with E-state index in [1.807, 2.05) is 32.1 Å². The van der Waals surface area contributed by atoms with E-state index in [0.29, 0.717) is 31.3 Å². The van der Waals surface area contributed by atoms with Gasteiger partial charge in [0.1, 0.15) is 38.2 Å². The van der Waals surface area contributed by atoms with Crippen LogP contribution in [0.1, 0.15) is 59.3 Å². The summed E-state index contributed by atoms with van der Waals surface area (Å²) in [4.78, 5) is 35.1. The van der Waals surface area contributed by atoms with Crippen molar-refractivity contribution in [1.82, 2.24) is 0 Å². The van der Waals surface area contributed by atoms with Crippen LogP contribution in [0, 0.1) is 5.92 Å². The van der Waals surface area contributed by atoms with E-state index in [0.717, 1.165) is 24.7 Å². The number of ether oxygens (including phenoxy) is 6. The monoisotopic (exact) mass is 605 g/mol. The molecular weight excluding hydrogens is 554 g/mol. The predicted molar refractivity (Wildman–Crippen MR) is 167 cm³/mol. The zero-order valence-corrected chi connectivity index (χ0v) is 26.4. The number of methoxy groups -OCH3 is 2. The van der Waals surface area contributed by atoms with Crippen molar-refractivity contribution in [2.45, 2.75) is 83.7 Å². The number of unbranched alkanes of at least 4 members (excludes halogenated alkanes) is 1. The smallest absolute Gasteiger partial charge is 0.404 e. The molecular formula is C33H51NO9. The van der Waals surface area contributed by atoms with E-state index in [1.165, 1.54) is 19.3 Å². The summed E-state index contributed by atoms with van der Waals surface area (Å²) in [5.74, 6) is -0.628. The number of nitrogens with two attached hydrogens (primary N) is 1. The summed E-state index contributed by atoms with van der Waals surface area (Å²) in [5, 5.41) is 0. The molecule has 0 unspecified atom stereocenters. The first-order valence-corrected chi connectivity index (χ1v) is 14.4. The summed E-state index contributed by atoms with van der Waals surface area (Å²) in [7, 11) is 3.06. The van der Waals surface area contributed by atoms with Gasteiger partial charge >= 0.3 is 12.1 Å². The van der Waals surface area contributed by atoms with Gasteiger partial charge in [0.25, 0.3) is 0 Å². The van der Waals surface area contributed by atoms with Crippen LogP contribution in [0.4, 0.5) is 4.79 Å². The number of carbonyl (C=O) groups is 3. The van der Waals surface area contributed by atoms with Gasteiger partial charge in [-0.15, -0.1) is 13.2 Å². The molecule has 0 aliphatic rings. The van der Waals surface area contributed by atoms with Crippen LogP contribution in [0.25, 0.3) is 0 Å². The van der Waals surface area contributed by atoms with Crippen LogP contribution in [0.15, 0.2) is 72.9 Å². The molecule has 0 saturated heterocycles. The molecule has 1 amide bonds. The fourth-order valence-corrected chi connectivity index (χ4v) is 4.01. The minimum Gasteiger partial charge on any atom is -0.458 e. The summed E-state index contributed by atoms with van der Waals surface area (Å²) in [6, 6.07) is 0. The molecule has 0 bridgehead atoms. The van der Waals surface area contributed by atoms with Gasteiger partial charge in [-0.3, -0.25) is 4.79 Å². The van der Waals surface area contributed by atoms with Crippen LogP contribution < -0.4 is 5.73 Å². The Morgan fingerprint density at radius 3 is 2.21 bits per heavy atom. The SMILES string of the molecule is C=C[C@H](CCC/C=C/C(=O)O[C@H](C/C(C)=C/C=C/CC[C@H](OC(N)=O)[C@H](C=C)OCOC)[C@H](C)/C=C(\C)C=O)OCOC. The first kappa shape index (κ1) is 39.7. The molecule has 0 radical (unpaired) electrons. The Morgan fingerprint density at radius 2 is 1.60 bits per heavy atom. The van der Waals surface area contributed by atoms with Crippen LogP contribution in [0.3, 0.4) is 0 Å². The number of primary amides is 1. The van der Waals surface area contributed by atoms with E-state index < -0.39 is 30.4 Å². The number of carbonyl (C=O) groups excluding carboxylic acids is 3. The average molecular weight is 606 g/mol. The third-order valence-corrected chi connectivity index (χ3v) is 6.24. The van der Waals surface area contributed by atoms with Crippen LogP contribution in [0.5, 0.6) is 0 Å². The highest BCUT2D eigenvalue weighted by atomic mass is 16.7. The number of esters is 1. The maximum atomic E-state index is 12.6. The number of hydrogen-bond donors (Lipinski definition) is 1. The second kappa shape index (κ2) is 25.2. The van der Waals surface area contributed by atoms with E-state index >= 15 is 0 Å². The molecule has 0 aromatic carbocycles. The summed E-state index contributed by atoms with van der Waals surface area (Å²) in [6.07, 6.45) is 15.9. The molecule has 0 fully saturated rings. The van der Waals surface area contributed by atoms with Gasteiger partial charge in [0.15, 0.2) is 0 Å². The normalized spacial score (nSPS) is 15.9. The van der Waals surface area contributed by atoms with E-state index in [2.05, 4.69) is 13.2 Å². The van der Waals surface area contributed by atoms with E-state index in [1.54, 1.807) is 32.3 Å². The van der Waals surface area contributed by atoms with Gasteiger partial charge in [-0.2, -0.15) is 0 Å². The summed E-state index contributed by atoms with van der Waals surface area (Å²) < 4.78 is 31.8. The zero-order chi connectivity index (χ0) is 32.5. The predicted octanol–water partition coefficient (Wildman–Crippen LogP) is 5.89. The number of amides is 1. The molecule has 43 heavy (non-hydrogen) atoms. The molecule has 0 spiro atoms. The molecule has 0 aliphatic heterocycles. The maximum absolute atomic E-state index is 12.6. The van der Waals surface area contributed by atoms with Gasteiger partial charge < -0.3 is 34.2 Å². The van der Waals surface area contributed by atoms with Crippen molar-refractivity contribution in [3.8, 4) is 0 Å². The quantitative estimate of drug-likeness (QED) is 0.0257. The molecule has 0 rings (SSSR count). The van der Waals surface area contributed by atoms with Crippen molar-refractivity contribution < 1.29 is 42.8 Å². The molecule has 2 N–H and O–H groups in total. The molecule has 0 aromatic rings. The molecule has 10 nitrogen and oxygen atoms in total. The number of aldehydes is 1. The molecule has 0 aromatic heterocycles. The Kier molecular flexibility index (Phi) is 23.3. The second-order valence-corrected chi connectivity index (χ2v) is 10.0. The van der Waals surface area contributed by atoms with Gasteiger partial charge in [0, 0.05) is 32.6 Å². The first-order valence-electron chi connectivity index (χ1n) is 14.4. The highest BCUT2D eigenvalue weighted by molar-refractivity contribution is 5.82. The van der Waals surface area contributed by atoms with Gasteiger partial charge in [-0.1, -0.05) is 55.0 Å². The minimum absolute atomic E-state index is 0.0233. The summed E-state index contributed by atoms with van der Waals surface area (Å²) >= 11 is 0. The molecule has 242 valence electrons. The Balaban J connectivity index is 5.20. The van der Waals surface area contributed by atoms with Crippen LogP contribution in [-0.4, -0.2) is 70.6 Å². The largest absolute Gasteiger partial charge is 0.458 e. The van der Waals surface area contributed by atoms with Crippen molar-refractivity contribution in [1.29, 1.82) is 0 Å². The molecule has 5 atom stereocenters. The Labute approximate surface area is 257 Å². The molecule has 0 saturated carbocycles. The maximum Gasteiger partial charge on any atom is 0.404 e. The highest BCUT2D eigenvalue weighted by Gasteiger charge is 2.22. The lowest BCUT2D eigenvalue weighted by molar-refractivity contribution is -0.144. The molecule has 0 heterocycles. The van der Waals surface area contributed by atoms with Crippen LogP contribution >= 0.6 is 0 Å². The standard InChI is InChI=1S/C33H51NO9/c1-8-28(40-23-38-6)17-13-11-15-19-32(36)42-31(27(5)20-26(4)22-35)21-25(3)16-12-10-14-18-30(43-33(34)37)29(9-2)41-24-39-7/h8-10,12,15-16,19-20,22,27-31H,1-2,11,13-14,17-18,21,23-24H2,3-7H3,(H2,34,37)/b12-10+,19-15+,25-16+,26-20+/t27-,28-,29+,30+,31-/m1/s1. The Hall–Kier alpha value is -3.31. The van der Waals surface area contributed by atoms with Crippen molar-refractivity contribution in [2.24, 2.45) is 11.7 Å². The Morgan fingerprint density at radius 1 is 0.907 bits per heavy atom.